The minimum absolute atomic E-state index is 0.0511. The summed E-state index contributed by atoms with van der Waals surface area (Å²) in [5.41, 5.74) is 1.36. The molecule has 2 nitrogen and oxygen atoms in total. The minimum Gasteiger partial charge on any atom is -0.338 e. The molecule has 2 aromatic rings. The number of hydrogen-bond donors (Lipinski definition) is 0. The van der Waals surface area contributed by atoms with E-state index >= 15 is 0 Å². The lowest BCUT2D eigenvalue weighted by molar-refractivity contribution is -0.125. The molecule has 0 aliphatic carbocycles. The van der Waals surface area contributed by atoms with Crippen LogP contribution in [-0.2, 0) is 4.79 Å². The van der Waals surface area contributed by atoms with Crippen LogP contribution in [0.3, 0.4) is 0 Å². The van der Waals surface area contributed by atoms with E-state index in [2.05, 4.69) is 0 Å². The molecule has 130 valence electrons. The first-order valence-electron chi connectivity index (χ1n) is 8.22. The number of halogens is 2. The van der Waals surface area contributed by atoms with Crippen LogP contribution in [0.25, 0.3) is 6.08 Å². The second-order valence-corrected chi connectivity index (χ2v) is 7.19. The average Bonchev–Trinajstić information content (AvgIpc) is 2.89. The van der Waals surface area contributed by atoms with Gasteiger partial charge in [-0.15, -0.1) is 0 Å². The number of carbonyl (C=O) groups excluding carboxylic acids is 1. The van der Waals surface area contributed by atoms with Gasteiger partial charge in [-0.25, -0.2) is 8.78 Å². The number of benzene rings is 2. The molecule has 0 aromatic heterocycles. The van der Waals surface area contributed by atoms with E-state index in [0.29, 0.717) is 30.8 Å². The zero-order chi connectivity index (χ0) is 17.6. The Labute approximate surface area is 150 Å². The fraction of sp³-hybridized carbons (Fsp3) is 0.250. The summed E-state index contributed by atoms with van der Waals surface area (Å²) in [6.07, 6.45) is 3.98. The SMILES string of the molecule is O=C(/C=C/c1ccccc1)N1CCSC(c2cc(F)ccc2F)CC1. The Hall–Kier alpha value is -2.14. The van der Waals surface area contributed by atoms with Crippen LogP contribution in [0.15, 0.2) is 54.6 Å². The minimum atomic E-state index is -0.431. The van der Waals surface area contributed by atoms with Crippen LogP contribution in [0.1, 0.15) is 22.8 Å². The standard InChI is InChI=1S/C20H19F2NOS/c21-16-7-8-18(22)17(14-16)19-10-11-23(12-13-25-19)20(24)9-6-15-4-2-1-3-5-15/h1-9,14,19H,10-13H2/b9-6+. The van der Waals surface area contributed by atoms with Gasteiger partial charge in [-0.1, -0.05) is 30.3 Å². The van der Waals surface area contributed by atoms with Gasteiger partial charge in [0.05, 0.1) is 0 Å². The molecule has 1 heterocycles. The van der Waals surface area contributed by atoms with Crippen LogP contribution < -0.4 is 0 Å². The lowest BCUT2D eigenvalue weighted by Gasteiger charge is -2.18. The maximum atomic E-state index is 14.0. The van der Waals surface area contributed by atoms with Crippen LogP contribution in [-0.4, -0.2) is 29.6 Å². The highest BCUT2D eigenvalue weighted by Gasteiger charge is 2.23. The van der Waals surface area contributed by atoms with Gasteiger partial charge in [0.1, 0.15) is 11.6 Å². The Morgan fingerprint density at radius 2 is 1.92 bits per heavy atom. The van der Waals surface area contributed by atoms with Crippen LogP contribution in [0.2, 0.25) is 0 Å². The highest BCUT2D eigenvalue weighted by Crippen LogP contribution is 2.36. The van der Waals surface area contributed by atoms with E-state index in [1.807, 2.05) is 30.3 Å². The maximum Gasteiger partial charge on any atom is 0.246 e. The van der Waals surface area contributed by atoms with E-state index in [1.165, 1.54) is 12.1 Å². The highest BCUT2D eigenvalue weighted by atomic mass is 32.2. The maximum absolute atomic E-state index is 14.0. The third kappa shape index (κ3) is 4.69. The van der Waals surface area contributed by atoms with Crippen LogP contribution in [0.5, 0.6) is 0 Å². The van der Waals surface area contributed by atoms with Crippen molar-refractivity contribution in [2.24, 2.45) is 0 Å². The molecule has 25 heavy (non-hydrogen) atoms. The number of amides is 1. The number of thioether (sulfide) groups is 1. The summed E-state index contributed by atoms with van der Waals surface area (Å²) in [7, 11) is 0. The fourth-order valence-electron chi connectivity index (χ4n) is 2.84. The van der Waals surface area contributed by atoms with Crippen LogP contribution >= 0.6 is 11.8 Å². The highest BCUT2D eigenvalue weighted by molar-refractivity contribution is 7.99. The second-order valence-electron chi connectivity index (χ2n) is 5.88. The number of rotatable bonds is 3. The van der Waals surface area contributed by atoms with Gasteiger partial charge in [-0.05, 0) is 36.3 Å². The van der Waals surface area contributed by atoms with Crippen LogP contribution in [0, 0.1) is 11.6 Å². The number of hydrogen-bond acceptors (Lipinski definition) is 2. The van der Waals surface area contributed by atoms with Gasteiger partial charge in [0.15, 0.2) is 0 Å². The summed E-state index contributed by atoms with van der Waals surface area (Å²) < 4.78 is 27.4. The summed E-state index contributed by atoms with van der Waals surface area (Å²) in [4.78, 5) is 14.2. The molecule has 1 fully saturated rings. The van der Waals surface area contributed by atoms with E-state index in [4.69, 9.17) is 0 Å². The van der Waals surface area contributed by atoms with Gasteiger partial charge in [0.25, 0.3) is 0 Å². The summed E-state index contributed by atoms with van der Waals surface area (Å²) in [6, 6.07) is 13.2. The van der Waals surface area contributed by atoms with Gasteiger partial charge in [0, 0.05) is 35.7 Å². The zero-order valence-corrected chi connectivity index (χ0v) is 14.5. The van der Waals surface area contributed by atoms with Crippen molar-refractivity contribution in [3.8, 4) is 0 Å². The lowest BCUT2D eigenvalue weighted by Crippen LogP contribution is -2.31. The van der Waals surface area contributed by atoms with Crippen molar-refractivity contribution in [2.75, 3.05) is 18.8 Å². The average molecular weight is 359 g/mol. The predicted octanol–water partition coefficient (Wildman–Crippen LogP) is 4.68. The first-order chi connectivity index (χ1) is 12.1. The van der Waals surface area contributed by atoms with E-state index in [1.54, 1.807) is 28.8 Å². The van der Waals surface area contributed by atoms with E-state index in [9.17, 15) is 13.6 Å². The molecule has 1 unspecified atom stereocenters. The first-order valence-corrected chi connectivity index (χ1v) is 9.27. The molecule has 1 atom stereocenters. The number of carbonyl (C=O) groups is 1. The van der Waals surface area contributed by atoms with Gasteiger partial charge >= 0.3 is 0 Å². The van der Waals surface area contributed by atoms with Crippen LogP contribution in [0.4, 0.5) is 8.78 Å². The van der Waals surface area contributed by atoms with E-state index in [0.717, 1.165) is 11.6 Å². The van der Waals surface area contributed by atoms with E-state index in [-0.39, 0.29) is 17.0 Å². The van der Waals surface area contributed by atoms with E-state index < -0.39 is 5.82 Å². The molecule has 0 N–H and O–H groups in total. The second kappa shape index (κ2) is 8.30. The lowest BCUT2D eigenvalue weighted by atomic mass is 10.1. The van der Waals surface area contributed by atoms with Crippen molar-refractivity contribution in [1.29, 1.82) is 0 Å². The molecule has 1 aliphatic heterocycles. The molecule has 5 heteroatoms. The molecule has 0 saturated carbocycles. The molecule has 0 radical (unpaired) electrons. The quantitative estimate of drug-likeness (QED) is 0.742. The number of nitrogens with zero attached hydrogens (tertiary/aromatic N) is 1. The normalized spacial score (nSPS) is 18.3. The molecule has 0 bridgehead atoms. The molecular weight excluding hydrogens is 340 g/mol. The molecule has 2 aromatic carbocycles. The Bertz CT molecular complexity index is 764. The molecule has 3 rings (SSSR count). The molecule has 1 amide bonds. The topological polar surface area (TPSA) is 20.3 Å². The predicted molar refractivity (Wildman–Crippen MR) is 98.2 cm³/mol. The Kier molecular flexibility index (Phi) is 5.87. The smallest absolute Gasteiger partial charge is 0.246 e. The third-order valence-corrected chi connectivity index (χ3v) is 5.49. The molecule has 1 aliphatic rings. The molecule has 1 saturated heterocycles. The van der Waals surface area contributed by atoms with Gasteiger partial charge in [0.2, 0.25) is 5.91 Å². The Morgan fingerprint density at radius 3 is 2.72 bits per heavy atom. The summed E-state index contributed by atoms with van der Waals surface area (Å²) in [6.45, 7) is 1.14. The van der Waals surface area contributed by atoms with Gasteiger partial charge in [-0.3, -0.25) is 4.79 Å². The summed E-state index contributed by atoms with van der Waals surface area (Å²) >= 11 is 1.57. The largest absolute Gasteiger partial charge is 0.338 e. The van der Waals surface area contributed by atoms with Crippen molar-refractivity contribution in [3.63, 3.8) is 0 Å². The van der Waals surface area contributed by atoms with Gasteiger partial charge in [-0.2, -0.15) is 11.8 Å². The van der Waals surface area contributed by atoms with Crippen molar-refractivity contribution in [1.82, 2.24) is 4.90 Å². The van der Waals surface area contributed by atoms with Crippen molar-refractivity contribution >= 4 is 23.7 Å². The Balaban J connectivity index is 1.64. The third-order valence-electron chi connectivity index (χ3n) is 4.18. The Morgan fingerprint density at radius 1 is 1.12 bits per heavy atom. The summed E-state index contributed by atoms with van der Waals surface area (Å²) in [5, 5.41) is -0.133. The first kappa shape index (κ1) is 17.7. The van der Waals surface area contributed by atoms with Gasteiger partial charge < -0.3 is 4.90 Å². The van der Waals surface area contributed by atoms with Crippen molar-refractivity contribution in [2.45, 2.75) is 11.7 Å². The molecule has 0 spiro atoms. The molecular formula is C20H19F2NOS. The summed E-state index contributed by atoms with van der Waals surface area (Å²) in [5.74, 6) is -0.168. The monoisotopic (exact) mass is 359 g/mol. The zero-order valence-electron chi connectivity index (χ0n) is 13.7. The fourth-order valence-corrected chi connectivity index (χ4v) is 4.08. The van der Waals surface area contributed by atoms with Crippen molar-refractivity contribution in [3.05, 3.63) is 77.4 Å². The van der Waals surface area contributed by atoms with Crippen molar-refractivity contribution < 1.29 is 13.6 Å².